The normalized spacial score (nSPS) is 13.0. The molecule has 0 aliphatic heterocycles. The van der Waals surface area contributed by atoms with Gasteiger partial charge in [0.1, 0.15) is 5.82 Å². The summed E-state index contributed by atoms with van der Waals surface area (Å²) >= 11 is 11.2. The zero-order chi connectivity index (χ0) is 10.0. The van der Waals surface area contributed by atoms with Gasteiger partial charge in [0.15, 0.2) is 0 Å². The van der Waals surface area contributed by atoms with Gasteiger partial charge in [-0.2, -0.15) is 0 Å². The van der Waals surface area contributed by atoms with Crippen molar-refractivity contribution in [2.45, 2.75) is 6.04 Å². The van der Waals surface area contributed by atoms with E-state index in [9.17, 15) is 4.39 Å². The molecule has 0 spiro atoms. The predicted molar refractivity (Wildman–Crippen MR) is 50.4 cm³/mol. The summed E-state index contributed by atoms with van der Waals surface area (Å²) in [5, 5.41) is 8.93. The summed E-state index contributed by atoms with van der Waals surface area (Å²) in [6.07, 6.45) is 0. The molecule has 1 aromatic rings. The zero-order valence-electron chi connectivity index (χ0n) is 6.60. The minimum absolute atomic E-state index is 0.0566. The molecule has 0 aliphatic carbocycles. The summed E-state index contributed by atoms with van der Waals surface area (Å²) in [6, 6.07) is 1.72. The van der Waals surface area contributed by atoms with Crippen molar-refractivity contribution >= 4 is 23.2 Å². The molecule has 1 aromatic carbocycles. The van der Waals surface area contributed by atoms with E-state index in [4.69, 9.17) is 34.0 Å². The molecular weight excluding hydrogens is 216 g/mol. The van der Waals surface area contributed by atoms with Crippen LogP contribution < -0.4 is 5.73 Å². The fraction of sp³-hybridized carbons (Fsp3) is 0.250. The van der Waals surface area contributed by atoms with Crippen LogP contribution in [0.4, 0.5) is 4.39 Å². The summed E-state index contributed by atoms with van der Waals surface area (Å²) in [6.45, 7) is -0.291. The second kappa shape index (κ2) is 4.24. The summed E-state index contributed by atoms with van der Waals surface area (Å²) in [5.74, 6) is -0.593. The van der Waals surface area contributed by atoms with E-state index >= 15 is 0 Å². The van der Waals surface area contributed by atoms with Gasteiger partial charge in [0.2, 0.25) is 0 Å². The molecule has 2 nitrogen and oxygen atoms in total. The maximum absolute atomic E-state index is 12.9. The third-order valence-electron chi connectivity index (χ3n) is 1.64. The summed E-state index contributed by atoms with van der Waals surface area (Å²) in [4.78, 5) is 0. The molecule has 0 heterocycles. The molecule has 0 radical (unpaired) electrons. The second-order valence-corrected chi connectivity index (χ2v) is 3.39. The van der Waals surface area contributed by atoms with Crippen LogP contribution in [0.25, 0.3) is 0 Å². The fourth-order valence-electron chi connectivity index (χ4n) is 0.920. The van der Waals surface area contributed by atoms with Crippen molar-refractivity contribution in [3.63, 3.8) is 0 Å². The van der Waals surface area contributed by atoms with Crippen LogP contribution in [0.1, 0.15) is 11.6 Å². The van der Waals surface area contributed by atoms with Gasteiger partial charge in [-0.3, -0.25) is 0 Å². The van der Waals surface area contributed by atoms with Gasteiger partial charge in [-0.15, -0.1) is 0 Å². The van der Waals surface area contributed by atoms with E-state index in [1.807, 2.05) is 0 Å². The summed E-state index contributed by atoms with van der Waals surface area (Å²) in [7, 11) is 0. The number of aliphatic hydroxyl groups is 1. The van der Waals surface area contributed by atoms with Crippen LogP contribution in [0.3, 0.4) is 0 Å². The van der Waals surface area contributed by atoms with E-state index in [0.717, 1.165) is 6.07 Å². The van der Waals surface area contributed by atoms with Crippen molar-refractivity contribution in [2.24, 2.45) is 5.73 Å². The molecule has 0 saturated carbocycles. The van der Waals surface area contributed by atoms with Gasteiger partial charge in [0.05, 0.1) is 17.7 Å². The van der Waals surface area contributed by atoms with Crippen molar-refractivity contribution < 1.29 is 9.50 Å². The standard InChI is InChI=1S/C8H8Cl2FNO/c9-5-2-6(10)7(11)1-4(5)8(12)3-13/h1-2,8,13H,3,12H2. The topological polar surface area (TPSA) is 46.2 Å². The number of rotatable bonds is 2. The highest BCUT2D eigenvalue weighted by Gasteiger charge is 2.12. The average molecular weight is 224 g/mol. The zero-order valence-corrected chi connectivity index (χ0v) is 8.11. The molecule has 0 aromatic heterocycles. The molecule has 0 bridgehead atoms. The lowest BCUT2D eigenvalue weighted by Gasteiger charge is -2.10. The molecule has 13 heavy (non-hydrogen) atoms. The Bertz CT molecular complexity index is 319. The predicted octanol–water partition coefficient (Wildman–Crippen LogP) is 2.12. The molecule has 0 amide bonds. The van der Waals surface area contributed by atoms with E-state index in [0.29, 0.717) is 5.56 Å². The van der Waals surface area contributed by atoms with Gasteiger partial charge in [0, 0.05) is 5.02 Å². The van der Waals surface area contributed by atoms with Crippen molar-refractivity contribution in [3.05, 3.63) is 33.6 Å². The van der Waals surface area contributed by atoms with Crippen LogP contribution in [-0.2, 0) is 0 Å². The van der Waals surface area contributed by atoms with Crippen LogP contribution >= 0.6 is 23.2 Å². The smallest absolute Gasteiger partial charge is 0.142 e. The molecule has 72 valence electrons. The van der Waals surface area contributed by atoms with E-state index < -0.39 is 11.9 Å². The first-order valence-corrected chi connectivity index (χ1v) is 4.32. The molecule has 1 atom stereocenters. The Morgan fingerprint density at radius 3 is 2.54 bits per heavy atom. The Hall–Kier alpha value is -0.350. The lowest BCUT2D eigenvalue weighted by molar-refractivity contribution is 0.268. The van der Waals surface area contributed by atoms with Gasteiger partial charge < -0.3 is 10.8 Å². The summed E-state index contributed by atoms with van der Waals surface area (Å²) < 4.78 is 12.9. The highest BCUT2D eigenvalue weighted by atomic mass is 35.5. The number of nitrogens with two attached hydrogens (primary N) is 1. The fourth-order valence-corrected chi connectivity index (χ4v) is 1.44. The van der Waals surface area contributed by atoms with Crippen molar-refractivity contribution in [2.75, 3.05) is 6.61 Å². The van der Waals surface area contributed by atoms with Crippen LogP contribution in [0.2, 0.25) is 10.0 Å². The monoisotopic (exact) mass is 223 g/mol. The first-order valence-electron chi connectivity index (χ1n) is 3.57. The number of aliphatic hydroxyl groups excluding tert-OH is 1. The average Bonchev–Trinajstić information content (AvgIpc) is 2.10. The highest BCUT2D eigenvalue weighted by Crippen LogP contribution is 2.27. The summed E-state index contributed by atoms with van der Waals surface area (Å²) in [5.41, 5.74) is 5.82. The van der Waals surface area contributed by atoms with Crippen LogP contribution in [0, 0.1) is 5.82 Å². The third kappa shape index (κ3) is 2.31. The van der Waals surface area contributed by atoms with E-state index in [2.05, 4.69) is 0 Å². The van der Waals surface area contributed by atoms with E-state index in [-0.39, 0.29) is 16.7 Å². The third-order valence-corrected chi connectivity index (χ3v) is 2.25. The Morgan fingerprint density at radius 1 is 1.38 bits per heavy atom. The maximum Gasteiger partial charge on any atom is 0.142 e. The lowest BCUT2D eigenvalue weighted by atomic mass is 10.1. The molecule has 5 heteroatoms. The molecule has 0 saturated heterocycles. The Kier molecular flexibility index (Phi) is 3.50. The van der Waals surface area contributed by atoms with Gasteiger partial charge in [-0.25, -0.2) is 4.39 Å². The van der Waals surface area contributed by atoms with Crippen LogP contribution in [-0.4, -0.2) is 11.7 Å². The van der Waals surface area contributed by atoms with Crippen molar-refractivity contribution in [3.8, 4) is 0 Å². The second-order valence-electron chi connectivity index (χ2n) is 2.58. The maximum atomic E-state index is 12.9. The number of hydrogen-bond donors (Lipinski definition) is 2. The number of hydrogen-bond acceptors (Lipinski definition) is 2. The molecule has 3 N–H and O–H groups in total. The first kappa shape index (κ1) is 10.7. The minimum Gasteiger partial charge on any atom is -0.394 e. The van der Waals surface area contributed by atoms with Crippen LogP contribution in [0.15, 0.2) is 12.1 Å². The van der Waals surface area contributed by atoms with E-state index in [1.165, 1.54) is 6.07 Å². The number of halogens is 3. The van der Waals surface area contributed by atoms with Crippen molar-refractivity contribution in [1.82, 2.24) is 0 Å². The SMILES string of the molecule is NC(CO)c1cc(F)c(Cl)cc1Cl. The molecular formula is C8H8Cl2FNO. The quantitative estimate of drug-likeness (QED) is 0.755. The van der Waals surface area contributed by atoms with Gasteiger partial charge in [-0.05, 0) is 17.7 Å². The molecule has 1 rings (SSSR count). The Balaban J connectivity index is 3.15. The van der Waals surface area contributed by atoms with E-state index in [1.54, 1.807) is 0 Å². The highest BCUT2D eigenvalue weighted by molar-refractivity contribution is 6.35. The minimum atomic E-state index is -0.681. The van der Waals surface area contributed by atoms with Gasteiger partial charge >= 0.3 is 0 Å². The van der Waals surface area contributed by atoms with Crippen LogP contribution in [0.5, 0.6) is 0 Å². The molecule has 0 aliphatic rings. The molecule has 1 unspecified atom stereocenters. The van der Waals surface area contributed by atoms with Gasteiger partial charge in [0.25, 0.3) is 0 Å². The van der Waals surface area contributed by atoms with Gasteiger partial charge in [-0.1, -0.05) is 23.2 Å². The Morgan fingerprint density at radius 2 is 2.00 bits per heavy atom. The van der Waals surface area contributed by atoms with Crippen molar-refractivity contribution in [1.29, 1.82) is 0 Å². The largest absolute Gasteiger partial charge is 0.394 e. The molecule has 0 fully saturated rings. The number of benzene rings is 1. The Labute approximate surface area is 85.1 Å². The lowest BCUT2D eigenvalue weighted by Crippen LogP contribution is -2.15. The first-order chi connectivity index (χ1) is 6.06.